The predicted molar refractivity (Wildman–Crippen MR) is 90.9 cm³/mol. The molecule has 0 saturated carbocycles. The van der Waals surface area contributed by atoms with Gasteiger partial charge in [-0.3, -0.25) is 9.59 Å². The third kappa shape index (κ3) is 5.28. The van der Waals surface area contributed by atoms with Gasteiger partial charge >= 0.3 is 5.97 Å². The van der Waals surface area contributed by atoms with Gasteiger partial charge in [-0.2, -0.15) is 0 Å². The standard InChI is InChI=1S/C16H20N2O6S/c1-11(19)17-13-5-3-12(4-6-13)16(21)24-9-15(20)18(2)14-7-8-25(22,23)10-14/h3-6,14H,7-10H2,1-2H3,(H,17,19)/t14-/m1/s1. The number of carbonyl (C=O) groups is 3. The first-order chi connectivity index (χ1) is 11.7. The van der Waals surface area contributed by atoms with E-state index in [0.717, 1.165) is 0 Å². The number of carbonyl (C=O) groups excluding carboxylic acids is 3. The van der Waals surface area contributed by atoms with Gasteiger partial charge < -0.3 is 15.0 Å². The van der Waals surface area contributed by atoms with Crippen molar-refractivity contribution in [3.8, 4) is 0 Å². The summed E-state index contributed by atoms with van der Waals surface area (Å²) in [5.74, 6) is -1.35. The summed E-state index contributed by atoms with van der Waals surface area (Å²) in [5, 5.41) is 2.57. The van der Waals surface area contributed by atoms with Crippen LogP contribution in [0.3, 0.4) is 0 Å². The van der Waals surface area contributed by atoms with Crippen molar-refractivity contribution in [1.82, 2.24) is 4.90 Å². The quantitative estimate of drug-likeness (QED) is 0.756. The van der Waals surface area contributed by atoms with Gasteiger partial charge in [-0.05, 0) is 30.7 Å². The van der Waals surface area contributed by atoms with E-state index in [2.05, 4.69) is 5.32 Å². The highest BCUT2D eigenvalue weighted by Crippen LogP contribution is 2.17. The van der Waals surface area contributed by atoms with E-state index >= 15 is 0 Å². The van der Waals surface area contributed by atoms with Gasteiger partial charge in [0.1, 0.15) is 0 Å². The summed E-state index contributed by atoms with van der Waals surface area (Å²) in [6.07, 6.45) is 0.392. The summed E-state index contributed by atoms with van der Waals surface area (Å²) < 4.78 is 27.9. The Balaban J connectivity index is 1.86. The number of esters is 1. The summed E-state index contributed by atoms with van der Waals surface area (Å²) >= 11 is 0. The van der Waals surface area contributed by atoms with Crippen LogP contribution in [-0.4, -0.2) is 62.3 Å². The summed E-state index contributed by atoms with van der Waals surface area (Å²) in [5.41, 5.74) is 0.787. The highest BCUT2D eigenvalue weighted by atomic mass is 32.2. The molecule has 0 aliphatic carbocycles. The van der Waals surface area contributed by atoms with Crippen LogP contribution in [0, 0.1) is 0 Å². The molecule has 1 aliphatic rings. The van der Waals surface area contributed by atoms with E-state index in [1.54, 1.807) is 12.1 Å². The van der Waals surface area contributed by atoms with Crippen molar-refractivity contribution in [2.24, 2.45) is 0 Å². The zero-order chi connectivity index (χ0) is 18.6. The van der Waals surface area contributed by atoms with E-state index in [4.69, 9.17) is 4.74 Å². The molecule has 8 nitrogen and oxygen atoms in total. The molecule has 1 aromatic rings. The minimum absolute atomic E-state index is 0.0617. The van der Waals surface area contributed by atoms with Gasteiger partial charge in [0.05, 0.1) is 17.1 Å². The van der Waals surface area contributed by atoms with Gasteiger partial charge in [0.2, 0.25) is 5.91 Å². The zero-order valence-corrected chi connectivity index (χ0v) is 14.8. The molecule has 0 unspecified atom stereocenters. The topological polar surface area (TPSA) is 110 Å². The Kier molecular flexibility index (Phi) is 5.78. The van der Waals surface area contributed by atoms with Gasteiger partial charge in [0.25, 0.3) is 5.91 Å². The van der Waals surface area contributed by atoms with Crippen molar-refractivity contribution in [2.45, 2.75) is 19.4 Å². The number of amides is 2. The van der Waals surface area contributed by atoms with Crippen LogP contribution >= 0.6 is 0 Å². The first kappa shape index (κ1) is 18.9. The fraction of sp³-hybridized carbons (Fsp3) is 0.438. The first-order valence-corrected chi connectivity index (χ1v) is 9.51. The molecular weight excluding hydrogens is 348 g/mol. The van der Waals surface area contributed by atoms with E-state index in [9.17, 15) is 22.8 Å². The molecule has 0 radical (unpaired) electrons. The molecule has 25 heavy (non-hydrogen) atoms. The second-order valence-corrected chi connectivity index (χ2v) is 8.12. The number of ether oxygens (including phenoxy) is 1. The highest BCUT2D eigenvalue weighted by molar-refractivity contribution is 7.91. The number of hydrogen-bond donors (Lipinski definition) is 1. The Morgan fingerprint density at radius 2 is 1.88 bits per heavy atom. The maximum absolute atomic E-state index is 12.1. The van der Waals surface area contributed by atoms with Crippen LogP contribution in [0.4, 0.5) is 5.69 Å². The summed E-state index contributed by atoms with van der Waals surface area (Å²) in [4.78, 5) is 36.3. The Morgan fingerprint density at radius 3 is 2.40 bits per heavy atom. The van der Waals surface area contributed by atoms with Crippen LogP contribution in [0.1, 0.15) is 23.7 Å². The fourth-order valence-electron chi connectivity index (χ4n) is 2.49. The Labute approximate surface area is 146 Å². The molecule has 0 spiro atoms. The molecule has 1 fully saturated rings. The number of anilines is 1. The molecule has 9 heteroatoms. The van der Waals surface area contributed by atoms with Crippen molar-refractivity contribution in [3.63, 3.8) is 0 Å². The van der Waals surface area contributed by atoms with Gasteiger partial charge in [-0.25, -0.2) is 13.2 Å². The maximum Gasteiger partial charge on any atom is 0.338 e. The summed E-state index contributed by atoms with van der Waals surface area (Å²) in [6, 6.07) is 5.68. The van der Waals surface area contributed by atoms with Crippen LogP contribution in [0.5, 0.6) is 0 Å². The molecule has 136 valence electrons. The van der Waals surface area contributed by atoms with Crippen molar-refractivity contribution < 1.29 is 27.5 Å². The minimum atomic E-state index is -3.09. The Hall–Kier alpha value is -2.42. The molecule has 1 aromatic carbocycles. The lowest BCUT2D eigenvalue weighted by Crippen LogP contribution is -2.40. The lowest BCUT2D eigenvalue weighted by atomic mass is 10.2. The van der Waals surface area contributed by atoms with Crippen LogP contribution < -0.4 is 5.32 Å². The second kappa shape index (κ2) is 7.64. The van der Waals surface area contributed by atoms with Crippen molar-refractivity contribution in [3.05, 3.63) is 29.8 Å². The van der Waals surface area contributed by atoms with Crippen LogP contribution in [0.15, 0.2) is 24.3 Å². The SMILES string of the molecule is CC(=O)Nc1ccc(C(=O)OCC(=O)N(C)[C@@H]2CCS(=O)(=O)C2)cc1. The lowest BCUT2D eigenvalue weighted by Gasteiger charge is -2.23. The fourth-order valence-corrected chi connectivity index (χ4v) is 4.26. The van der Waals surface area contributed by atoms with E-state index < -0.39 is 28.3 Å². The molecule has 2 rings (SSSR count). The average Bonchev–Trinajstić information content (AvgIpc) is 2.91. The summed E-state index contributed by atoms with van der Waals surface area (Å²) in [7, 11) is -1.59. The van der Waals surface area contributed by atoms with Gasteiger partial charge in [0.15, 0.2) is 16.4 Å². The molecular formula is C16H20N2O6S. The summed E-state index contributed by atoms with van der Waals surface area (Å²) in [6.45, 7) is 0.916. The van der Waals surface area contributed by atoms with Gasteiger partial charge in [-0.1, -0.05) is 0 Å². The molecule has 1 saturated heterocycles. The van der Waals surface area contributed by atoms with E-state index in [0.29, 0.717) is 12.1 Å². The van der Waals surface area contributed by atoms with Gasteiger partial charge in [-0.15, -0.1) is 0 Å². The van der Waals surface area contributed by atoms with Crippen LogP contribution in [0.2, 0.25) is 0 Å². The largest absolute Gasteiger partial charge is 0.452 e. The van der Waals surface area contributed by atoms with Gasteiger partial charge in [0, 0.05) is 25.7 Å². The molecule has 2 amide bonds. The number of sulfone groups is 1. The normalized spacial score (nSPS) is 18.4. The average molecular weight is 368 g/mol. The number of benzene rings is 1. The minimum Gasteiger partial charge on any atom is -0.452 e. The molecule has 0 aromatic heterocycles. The lowest BCUT2D eigenvalue weighted by molar-refractivity contribution is -0.134. The zero-order valence-electron chi connectivity index (χ0n) is 14.0. The van der Waals surface area contributed by atoms with Crippen molar-refractivity contribution in [2.75, 3.05) is 30.5 Å². The number of nitrogens with zero attached hydrogens (tertiary/aromatic N) is 1. The Morgan fingerprint density at radius 1 is 1.24 bits per heavy atom. The number of likely N-dealkylation sites (N-methyl/N-ethyl adjacent to an activating group) is 1. The van der Waals surface area contributed by atoms with E-state index in [1.807, 2.05) is 0 Å². The Bertz CT molecular complexity index is 772. The second-order valence-electron chi connectivity index (χ2n) is 5.90. The monoisotopic (exact) mass is 368 g/mol. The predicted octanol–water partition coefficient (Wildman–Crippen LogP) is 0.447. The molecule has 1 aliphatic heterocycles. The third-order valence-corrected chi connectivity index (χ3v) is 5.67. The first-order valence-electron chi connectivity index (χ1n) is 7.69. The highest BCUT2D eigenvalue weighted by Gasteiger charge is 2.32. The third-order valence-electron chi connectivity index (χ3n) is 3.92. The smallest absolute Gasteiger partial charge is 0.338 e. The van der Waals surface area contributed by atoms with E-state index in [1.165, 1.54) is 31.0 Å². The number of hydrogen-bond acceptors (Lipinski definition) is 6. The maximum atomic E-state index is 12.1. The van der Waals surface area contributed by atoms with E-state index in [-0.39, 0.29) is 29.0 Å². The molecule has 1 atom stereocenters. The van der Waals surface area contributed by atoms with Crippen molar-refractivity contribution >= 4 is 33.3 Å². The molecule has 0 bridgehead atoms. The van der Waals surface area contributed by atoms with Crippen LogP contribution in [0.25, 0.3) is 0 Å². The van der Waals surface area contributed by atoms with Crippen molar-refractivity contribution in [1.29, 1.82) is 0 Å². The number of nitrogens with one attached hydrogen (secondary N) is 1. The molecule has 1 heterocycles. The molecule has 1 N–H and O–H groups in total. The van der Waals surface area contributed by atoms with Crippen LogP contribution in [-0.2, 0) is 24.2 Å². The number of rotatable bonds is 5.